The van der Waals surface area contributed by atoms with Crippen molar-refractivity contribution in [3.8, 4) is 6.07 Å². The molecule has 0 N–H and O–H groups in total. The van der Waals surface area contributed by atoms with Gasteiger partial charge in [0.15, 0.2) is 0 Å². The zero-order valence-corrected chi connectivity index (χ0v) is 14.7. The van der Waals surface area contributed by atoms with Crippen molar-refractivity contribution >= 4 is 10.0 Å². The highest BCUT2D eigenvalue weighted by Crippen LogP contribution is 2.32. The van der Waals surface area contributed by atoms with Gasteiger partial charge in [-0.05, 0) is 35.9 Å². The molecule has 0 spiro atoms. The molecular formula is C18H14F4N2O2S. The first kappa shape index (κ1) is 20.6. The molecule has 0 unspecified atom stereocenters. The average molecular weight is 398 g/mol. The Morgan fingerprint density at radius 1 is 1.19 bits per heavy atom. The minimum absolute atomic E-state index is 0.255. The first-order valence-corrected chi connectivity index (χ1v) is 9.00. The molecule has 142 valence electrons. The van der Waals surface area contributed by atoms with Crippen LogP contribution in [-0.2, 0) is 22.7 Å². The van der Waals surface area contributed by atoms with Gasteiger partial charge in [0.25, 0.3) is 0 Å². The van der Waals surface area contributed by atoms with E-state index in [9.17, 15) is 26.0 Å². The van der Waals surface area contributed by atoms with Crippen LogP contribution in [0.2, 0.25) is 0 Å². The first-order chi connectivity index (χ1) is 12.6. The molecule has 2 rings (SSSR count). The fraction of sp³-hybridized carbons (Fsp3) is 0.167. The van der Waals surface area contributed by atoms with Crippen molar-refractivity contribution in [1.82, 2.24) is 4.31 Å². The lowest BCUT2D eigenvalue weighted by molar-refractivity contribution is -0.137. The predicted molar refractivity (Wildman–Crippen MR) is 90.4 cm³/mol. The highest BCUT2D eigenvalue weighted by molar-refractivity contribution is 7.89. The van der Waals surface area contributed by atoms with Gasteiger partial charge in [-0.25, -0.2) is 12.8 Å². The summed E-state index contributed by atoms with van der Waals surface area (Å²) in [7, 11) is -4.59. The van der Waals surface area contributed by atoms with Crippen LogP contribution in [0.15, 0.2) is 60.0 Å². The Morgan fingerprint density at radius 3 is 2.48 bits per heavy atom. The summed E-state index contributed by atoms with van der Waals surface area (Å²) in [4.78, 5) is -1.07. The Morgan fingerprint density at radius 2 is 1.89 bits per heavy atom. The van der Waals surface area contributed by atoms with Crippen LogP contribution in [0.1, 0.15) is 16.7 Å². The topological polar surface area (TPSA) is 61.2 Å². The summed E-state index contributed by atoms with van der Waals surface area (Å²) < 4.78 is 79.1. The van der Waals surface area contributed by atoms with Crippen LogP contribution in [0.4, 0.5) is 17.6 Å². The van der Waals surface area contributed by atoms with Gasteiger partial charge in [0, 0.05) is 13.1 Å². The lowest BCUT2D eigenvalue weighted by atomic mass is 10.1. The van der Waals surface area contributed by atoms with Crippen LogP contribution >= 0.6 is 0 Å². The van der Waals surface area contributed by atoms with Gasteiger partial charge in [-0.15, -0.1) is 6.58 Å². The largest absolute Gasteiger partial charge is 0.416 e. The van der Waals surface area contributed by atoms with E-state index in [2.05, 4.69) is 6.58 Å². The number of hydrogen-bond donors (Lipinski definition) is 0. The second-order valence-corrected chi connectivity index (χ2v) is 7.45. The molecule has 0 amide bonds. The maximum Gasteiger partial charge on any atom is 0.416 e. The number of nitriles is 1. The fourth-order valence-electron chi connectivity index (χ4n) is 2.35. The summed E-state index contributed by atoms with van der Waals surface area (Å²) in [5, 5.41) is 8.93. The van der Waals surface area contributed by atoms with Gasteiger partial charge in [-0.1, -0.05) is 18.2 Å². The minimum atomic E-state index is -4.82. The number of halogens is 4. The summed E-state index contributed by atoms with van der Waals surface area (Å²) in [5.74, 6) is -1.29. The van der Waals surface area contributed by atoms with Gasteiger partial charge in [-0.2, -0.15) is 22.7 Å². The van der Waals surface area contributed by atoms with Crippen molar-refractivity contribution in [1.29, 1.82) is 5.26 Å². The van der Waals surface area contributed by atoms with E-state index in [1.807, 2.05) is 6.07 Å². The quantitative estimate of drug-likeness (QED) is 0.544. The molecule has 0 aliphatic heterocycles. The standard InChI is InChI=1S/C18H14F4N2O2S/c1-2-8-24(12-14-5-3-4-13(9-14)11-23)27(25,26)17-10-15(18(20,21)22)6-7-16(17)19/h2-7,9-10H,1,8,12H2. The van der Waals surface area contributed by atoms with Gasteiger partial charge in [-0.3, -0.25) is 0 Å². The van der Waals surface area contributed by atoms with Gasteiger partial charge in [0.1, 0.15) is 10.7 Å². The second kappa shape index (κ2) is 7.90. The third kappa shape index (κ3) is 4.72. The van der Waals surface area contributed by atoms with Crippen LogP contribution < -0.4 is 0 Å². The van der Waals surface area contributed by atoms with Crippen molar-refractivity contribution in [3.05, 3.63) is 77.6 Å². The van der Waals surface area contributed by atoms with E-state index in [4.69, 9.17) is 5.26 Å². The van der Waals surface area contributed by atoms with E-state index in [-0.39, 0.29) is 24.7 Å². The third-order valence-corrected chi connectivity index (χ3v) is 5.45. The number of benzene rings is 2. The molecule has 0 aliphatic carbocycles. The monoisotopic (exact) mass is 398 g/mol. The molecule has 9 heteroatoms. The molecule has 0 fully saturated rings. The predicted octanol–water partition coefficient (Wildman–Crippen LogP) is 4.09. The molecule has 0 atom stereocenters. The number of hydrogen-bond acceptors (Lipinski definition) is 3. The van der Waals surface area contributed by atoms with Crippen molar-refractivity contribution < 1.29 is 26.0 Å². The van der Waals surface area contributed by atoms with E-state index >= 15 is 0 Å². The zero-order valence-electron chi connectivity index (χ0n) is 13.9. The minimum Gasteiger partial charge on any atom is -0.207 e. The SMILES string of the molecule is C=CCN(Cc1cccc(C#N)c1)S(=O)(=O)c1cc(C(F)(F)F)ccc1F. The van der Waals surface area contributed by atoms with Crippen molar-refractivity contribution in [2.24, 2.45) is 0 Å². The van der Waals surface area contributed by atoms with Gasteiger partial charge >= 0.3 is 6.18 Å². The Balaban J connectivity index is 2.49. The van der Waals surface area contributed by atoms with E-state index in [1.54, 1.807) is 6.07 Å². The maximum atomic E-state index is 14.1. The number of sulfonamides is 1. The Labute approximate surface area is 154 Å². The second-order valence-electron chi connectivity index (χ2n) is 5.54. The number of alkyl halides is 3. The molecule has 0 saturated heterocycles. The summed E-state index contributed by atoms with van der Waals surface area (Å²) in [6, 6.07) is 9.16. The molecule has 4 nitrogen and oxygen atoms in total. The van der Waals surface area contributed by atoms with Gasteiger partial charge in [0.2, 0.25) is 10.0 Å². The van der Waals surface area contributed by atoms with Crippen molar-refractivity contribution in [3.63, 3.8) is 0 Å². The summed E-state index contributed by atoms with van der Waals surface area (Å²) >= 11 is 0. The summed E-state index contributed by atoms with van der Waals surface area (Å²) in [5.41, 5.74) is -0.562. The highest BCUT2D eigenvalue weighted by Gasteiger charge is 2.34. The van der Waals surface area contributed by atoms with Gasteiger partial charge < -0.3 is 0 Å². The Bertz CT molecular complexity index is 995. The molecule has 0 bridgehead atoms. The van der Waals surface area contributed by atoms with E-state index < -0.39 is 32.5 Å². The molecule has 0 radical (unpaired) electrons. The lowest BCUT2D eigenvalue weighted by Crippen LogP contribution is -2.31. The van der Waals surface area contributed by atoms with Crippen LogP contribution in [-0.4, -0.2) is 19.3 Å². The smallest absolute Gasteiger partial charge is 0.207 e. The van der Waals surface area contributed by atoms with E-state index in [0.29, 0.717) is 17.7 Å². The van der Waals surface area contributed by atoms with Crippen LogP contribution in [0.5, 0.6) is 0 Å². The Hall–Kier alpha value is -2.70. The van der Waals surface area contributed by atoms with Crippen molar-refractivity contribution in [2.75, 3.05) is 6.54 Å². The average Bonchev–Trinajstić information content (AvgIpc) is 2.60. The normalized spacial score (nSPS) is 12.0. The molecule has 27 heavy (non-hydrogen) atoms. The van der Waals surface area contributed by atoms with Crippen LogP contribution in [0, 0.1) is 17.1 Å². The molecule has 2 aromatic carbocycles. The van der Waals surface area contributed by atoms with E-state index in [1.165, 1.54) is 24.3 Å². The number of nitrogens with zero attached hydrogens (tertiary/aromatic N) is 2. The van der Waals surface area contributed by atoms with Crippen LogP contribution in [0.25, 0.3) is 0 Å². The molecule has 0 heterocycles. The zero-order chi connectivity index (χ0) is 20.2. The molecular weight excluding hydrogens is 384 g/mol. The lowest BCUT2D eigenvalue weighted by Gasteiger charge is -2.22. The van der Waals surface area contributed by atoms with Crippen LogP contribution in [0.3, 0.4) is 0 Å². The highest BCUT2D eigenvalue weighted by atomic mass is 32.2. The molecule has 0 aliphatic rings. The fourth-order valence-corrected chi connectivity index (χ4v) is 3.84. The molecule has 0 saturated carbocycles. The number of rotatable bonds is 6. The molecule has 2 aromatic rings. The molecule has 0 aromatic heterocycles. The summed E-state index contributed by atoms with van der Waals surface area (Å²) in [6.45, 7) is 2.91. The van der Waals surface area contributed by atoms with Gasteiger partial charge in [0.05, 0.1) is 17.2 Å². The van der Waals surface area contributed by atoms with Crippen molar-refractivity contribution in [2.45, 2.75) is 17.6 Å². The third-order valence-electron chi connectivity index (χ3n) is 3.62. The first-order valence-electron chi connectivity index (χ1n) is 7.56. The Kier molecular flexibility index (Phi) is 6.03. The summed E-state index contributed by atoms with van der Waals surface area (Å²) in [6.07, 6.45) is -3.58. The maximum absolute atomic E-state index is 14.1. The van der Waals surface area contributed by atoms with E-state index in [0.717, 1.165) is 4.31 Å².